The highest BCUT2D eigenvalue weighted by atomic mass is 19.4. The first-order chi connectivity index (χ1) is 7.40. The molecule has 1 rings (SSSR count). The highest BCUT2D eigenvalue weighted by Gasteiger charge is 2.02. The summed E-state index contributed by atoms with van der Waals surface area (Å²) in [4.78, 5) is 2.39. The van der Waals surface area contributed by atoms with Crippen molar-refractivity contribution in [3.05, 3.63) is 0 Å². The Hall–Kier alpha value is -0.185. The second-order valence-electron chi connectivity index (χ2n) is 4.00. The van der Waals surface area contributed by atoms with E-state index in [4.69, 9.17) is 7.85 Å². The second-order valence-corrected chi connectivity index (χ2v) is 4.00. The largest absolute Gasteiger partial charge is 0.379 e. The molecule has 0 spiro atoms. The fraction of sp³-hybridized carbons (Fsp3) is 1.00. The molecule has 1 atom stereocenters. The summed E-state index contributed by atoms with van der Waals surface area (Å²) in [5, 5.41) is 0. The third-order valence-corrected chi connectivity index (χ3v) is 2.22. The molecule has 1 heterocycles. The van der Waals surface area contributed by atoms with Crippen molar-refractivity contribution in [2.75, 3.05) is 20.1 Å². The summed E-state index contributed by atoms with van der Waals surface area (Å²) < 4.78 is 29.0. The van der Waals surface area contributed by atoms with Crippen LogP contribution in [0.25, 0.3) is 0 Å². The minimum Gasteiger partial charge on any atom is -0.306 e. The number of alkyl halides is 3. The van der Waals surface area contributed by atoms with Crippen molar-refractivity contribution in [1.29, 1.82) is 0 Å². The van der Waals surface area contributed by atoms with Crippen LogP contribution in [0.5, 0.6) is 0 Å². The predicted molar refractivity (Wildman–Crippen MR) is 63.9 cm³/mol. The van der Waals surface area contributed by atoms with E-state index in [9.17, 15) is 13.2 Å². The molecule has 0 aromatic heterocycles. The average molecular weight is 237 g/mol. The summed E-state index contributed by atoms with van der Waals surface area (Å²) in [6.45, 7) is 3.05. The summed E-state index contributed by atoms with van der Waals surface area (Å²) in [6.07, 6.45) is 5.36. The number of nitrogens with zero attached hydrogens (tertiary/aromatic N) is 1. The number of likely N-dealkylation sites (tertiary alicyclic amines) is 1. The Morgan fingerprint density at radius 3 is 1.56 bits per heavy atom. The van der Waals surface area contributed by atoms with E-state index in [1.807, 2.05) is 6.92 Å². The Bertz CT molecular complexity index is 126. The van der Waals surface area contributed by atoms with Crippen molar-refractivity contribution < 1.29 is 13.2 Å². The van der Waals surface area contributed by atoms with Gasteiger partial charge >= 0.3 is 6.68 Å². The molecule has 1 unspecified atom stereocenters. The first-order valence-corrected chi connectivity index (χ1v) is 5.76. The summed E-state index contributed by atoms with van der Waals surface area (Å²) in [7, 11) is 7.49. The van der Waals surface area contributed by atoms with Crippen molar-refractivity contribution in [1.82, 2.24) is 4.90 Å². The zero-order chi connectivity index (χ0) is 13.0. The van der Waals surface area contributed by atoms with Gasteiger partial charge in [-0.1, -0.05) is 32.5 Å². The molecule has 1 aliphatic heterocycles. The lowest BCUT2D eigenvalue weighted by atomic mass is 9.88. The van der Waals surface area contributed by atoms with Crippen LogP contribution in [-0.2, 0) is 0 Å². The summed E-state index contributed by atoms with van der Waals surface area (Å²) in [5.41, 5.74) is 0. The summed E-state index contributed by atoms with van der Waals surface area (Å²) in [6, 6.07) is 0. The lowest BCUT2D eigenvalue weighted by molar-refractivity contribution is 0.00819. The molecule has 16 heavy (non-hydrogen) atoms. The van der Waals surface area contributed by atoms with Gasteiger partial charge in [-0.05, 0) is 33.0 Å². The van der Waals surface area contributed by atoms with Crippen molar-refractivity contribution in [3.63, 3.8) is 0 Å². The van der Waals surface area contributed by atoms with Crippen LogP contribution in [0.3, 0.4) is 0 Å². The van der Waals surface area contributed by atoms with Crippen LogP contribution >= 0.6 is 0 Å². The lowest BCUT2D eigenvalue weighted by Crippen LogP contribution is -2.24. The molecule has 1 fully saturated rings. The number of rotatable bonds is 1. The SMILES string of the molecule is CN1CCCCC1.FC(F)F.[B]C(C)CC. The third-order valence-electron chi connectivity index (χ3n) is 2.22. The standard InChI is InChI=1S/C6H13N.C4H9B.CHF3/c1-7-5-3-2-4-6-7;1-3-4(2)5;2-1(3)4/h2-6H2,1H3;4H,3H2,1-2H3;1H. The minimum atomic E-state index is -3.67. The average Bonchev–Trinajstić information content (AvgIpc) is 2.19. The maximum atomic E-state index is 9.67. The van der Waals surface area contributed by atoms with Gasteiger partial charge in [-0.2, -0.15) is 13.2 Å². The van der Waals surface area contributed by atoms with Gasteiger partial charge in [0.25, 0.3) is 0 Å². The molecule has 0 amide bonds. The van der Waals surface area contributed by atoms with Crippen LogP contribution in [0.15, 0.2) is 0 Å². The van der Waals surface area contributed by atoms with E-state index < -0.39 is 6.68 Å². The van der Waals surface area contributed by atoms with E-state index in [2.05, 4.69) is 18.9 Å². The maximum absolute atomic E-state index is 9.67. The molecule has 0 saturated carbocycles. The number of halogens is 3. The highest BCUT2D eigenvalue weighted by Crippen LogP contribution is 2.04. The van der Waals surface area contributed by atoms with E-state index in [1.165, 1.54) is 32.4 Å². The third kappa shape index (κ3) is 23.6. The van der Waals surface area contributed by atoms with Gasteiger partial charge in [0.2, 0.25) is 0 Å². The van der Waals surface area contributed by atoms with Gasteiger partial charge in [0.05, 0.1) is 7.85 Å². The molecule has 0 aliphatic carbocycles. The fourth-order valence-electron chi connectivity index (χ4n) is 1.05. The van der Waals surface area contributed by atoms with Crippen molar-refractivity contribution >= 4 is 7.85 Å². The smallest absolute Gasteiger partial charge is 0.306 e. The van der Waals surface area contributed by atoms with E-state index in [-0.39, 0.29) is 0 Å². The van der Waals surface area contributed by atoms with Gasteiger partial charge in [-0.25, -0.2) is 0 Å². The van der Waals surface area contributed by atoms with E-state index in [0.29, 0.717) is 5.82 Å². The van der Waals surface area contributed by atoms with Gasteiger partial charge in [0, 0.05) is 0 Å². The Morgan fingerprint density at radius 1 is 1.12 bits per heavy atom. The second kappa shape index (κ2) is 12.9. The molecule has 5 heteroatoms. The normalized spacial score (nSPS) is 17.9. The van der Waals surface area contributed by atoms with Crippen LogP contribution in [0.1, 0.15) is 39.5 Å². The zero-order valence-corrected chi connectivity index (χ0v) is 10.6. The molecule has 1 saturated heterocycles. The predicted octanol–water partition coefficient (Wildman–Crippen LogP) is 3.65. The van der Waals surface area contributed by atoms with Crippen molar-refractivity contribution in [2.24, 2.45) is 0 Å². The van der Waals surface area contributed by atoms with E-state index in [0.717, 1.165) is 6.42 Å². The molecular formula is C11H23BF3N. The molecule has 0 bridgehead atoms. The Kier molecular flexibility index (Phi) is 14.6. The molecule has 96 valence electrons. The number of hydrogen-bond donors (Lipinski definition) is 0. The molecule has 2 radical (unpaired) electrons. The van der Waals surface area contributed by atoms with E-state index >= 15 is 0 Å². The van der Waals surface area contributed by atoms with Gasteiger partial charge < -0.3 is 4.90 Å². The summed E-state index contributed by atoms with van der Waals surface area (Å²) >= 11 is 0. The number of piperidine rings is 1. The van der Waals surface area contributed by atoms with Gasteiger partial charge in [0.1, 0.15) is 0 Å². The minimum absolute atomic E-state index is 0.384. The van der Waals surface area contributed by atoms with Gasteiger partial charge in [-0.15, -0.1) is 0 Å². The van der Waals surface area contributed by atoms with Crippen LogP contribution in [0, 0.1) is 0 Å². The van der Waals surface area contributed by atoms with Gasteiger partial charge in [-0.3, -0.25) is 0 Å². The monoisotopic (exact) mass is 237 g/mol. The van der Waals surface area contributed by atoms with Crippen LogP contribution in [0.2, 0.25) is 5.82 Å². The Balaban J connectivity index is 0. The molecule has 1 nitrogen and oxygen atoms in total. The Labute approximate surface area is 98.8 Å². The molecule has 0 N–H and O–H groups in total. The van der Waals surface area contributed by atoms with Crippen molar-refractivity contribution in [3.8, 4) is 0 Å². The molecule has 0 aromatic carbocycles. The first-order valence-electron chi connectivity index (χ1n) is 5.76. The first kappa shape index (κ1) is 18.2. The molecule has 1 aliphatic rings. The zero-order valence-electron chi connectivity index (χ0n) is 10.6. The highest BCUT2D eigenvalue weighted by molar-refractivity contribution is 6.11. The number of hydrogen-bond acceptors (Lipinski definition) is 1. The maximum Gasteiger partial charge on any atom is 0.379 e. The lowest BCUT2D eigenvalue weighted by Gasteiger charge is -2.20. The van der Waals surface area contributed by atoms with Crippen LogP contribution in [-0.4, -0.2) is 39.6 Å². The van der Waals surface area contributed by atoms with Crippen molar-refractivity contribution in [2.45, 2.75) is 52.0 Å². The molecule has 0 aromatic rings. The van der Waals surface area contributed by atoms with Crippen LogP contribution < -0.4 is 0 Å². The van der Waals surface area contributed by atoms with Gasteiger partial charge in [0.15, 0.2) is 0 Å². The van der Waals surface area contributed by atoms with Crippen LogP contribution in [0.4, 0.5) is 13.2 Å². The molecular weight excluding hydrogens is 214 g/mol. The fourth-order valence-corrected chi connectivity index (χ4v) is 1.05. The van der Waals surface area contributed by atoms with E-state index in [1.54, 1.807) is 0 Å². The summed E-state index contributed by atoms with van der Waals surface area (Å²) in [5.74, 6) is 0.384. The Morgan fingerprint density at radius 2 is 1.44 bits per heavy atom. The topological polar surface area (TPSA) is 3.24 Å². The quantitative estimate of drug-likeness (QED) is 0.629.